The van der Waals surface area contributed by atoms with Gasteiger partial charge in [-0.2, -0.15) is 0 Å². The average Bonchev–Trinajstić information content (AvgIpc) is 2.41. The smallest absolute Gasteiger partial charge is 0.259 e. The van der Waals surface area contributed by atoms with Gasteiger partial charge < -0.3 is 10.1 Å². The van der Waals surface area contributed by atoms with Crippen LogP contribution in [-0.4, -0.2) is 12.0 Å². The lowest BCUT2D eigenvalue weighted by Gasteiger charge is -2.14. The summed E-state index contributed by atoms with van der Waals surface area (Å²) < 4.78 is 19.1. The fourth-order valence-electron chi connectivity index (χ4n) is 1.76. The van der Waals surface area contributed by atoms with E-state index in [-0.39, 0.29) is 11.8 Å². The minimum Gasteiger partial charge on any atom is -0.490 e. The molecule has 1 amide bonds. The Bertz CT molecular complexity index is 611. The van der Waals surface area contributed by atoms with Crippen molar-refractivity contribution < 1.29 is 13.9 Å². The normalized spacial score (nSPS) is 10.4. The average molecular weight is 273 g/mol. The van der Waals surface area contributed by atoms with E-state index in [0.717, 1.165) is 0 Å². The first-order valence-corrected chi connectivity index (χ1v) is 6.39. The zero-order chi connectivity index (χ0) is 14.5. The standard InChI is InChI=1S/C16H16FNO2/c1-11(2)20-15-10-6-3-7-12(15)16(19)18-14-9-5-4-8-13(14)17/h3-11H,1-2H3,(H,18,19). The number of ether oxygens (including phenoxy) is 1. The summed E-state index contributed by atoms with van der Waals surface area (Å²) in [4.78, 5) is 12.2. The summed E-state index contributed by atoms with van der Waals surface area (Å²) in [5.41, 5.74) is 0.529. The summed E-state index contributed by atoms with van der Waals surface area (Å²) in [6, 6.07) is 12.9. The minimum absolute atomic E-state index is 0.0441. The van der Waals surface area contributed by atoms with Crippen LogP contribution in [0.5, 0.6) is 5.75 Å². The zero-order valence-corrected chi connectivity index (χ0v) is 11.4. The van der Waals surface area contributed by atoms with Crippen LogP contribution in [0.25, 0.3) is 0 Å². The molecule has 0 aliphatic carbocycles. The number of hydrogen-bond acceptors (Lipinski definition) is 2. The van der Waals surface area contributed by atoms with Crippen LogP contribution in [0.2, 0.25) is 0 Å². The highest BCUT2D eigenvalue weighted by Gasteiger charge is 2.14. The third-order valence-corrected chi connectivity index (χ3v) is 2.62. The number of carbonyl (C=O) groups excluding carboxylic acids is 1. The van der Waals surface area contributed by atoms with Crippen LogP contribution in [0.1, 0.15) is 24.2 Å². The second-order valence-electron chi connectivity index (χ2n) is 4.60. The van der Waals surface area contributed by atoms with Gasteiger partial charge in [0.05, 0.1) is 17.4 Å². The highest BCUT2D eigenvalue weighted by molar-refractivity contribution is 6.06. The van der Waals surface area contributed by atoms with Crippen molar-refractivity contribution in [3.8, 4) is 5.75 Å². The van der Waals surface area contributed by atoms with E-state index in [9.17, 15) is 9.18 Å². The molecule has 0 saturated carbocycles. The number of hydrogen-bond donors (Lipinski definition) is 1. The van der Waals surface area contributed by atoms with Gasteiger partial charge in [-0.25, -0.2) is 4.39 Å². The molecule has 0 heterocycles. The predicted octanol–water partition coefficient (Wildman–Crippen LogP) is 3.87. The van der Waals surface area contributed by atoms with E-state index in [2.05, 4.69) is 5.32 Å². The lowest BCUT2D eigenvalue weighted by molar-refractivity contribution is 0.102. The number of amides is 1. The molecule has 104 valence electrons. The van der Waals surface area contributed by atoms with Crippen molar-refractivity contribution in [1.82, 2.24) is 0 Å². The van der Waals surface area contributed by atoms with Crippen LogP contribution in [0.4, 0.5) is 10.1 Å². The van der Waals surface area contributed by atoms with E-state index in [1.165, 1.54) is 12.1 Å². The van der Waals surface area contributed by atoms with Gasteiger partial charge in [0.15, 0.2) is 0 Å². The number of halogens is 1. The Morgan fingerprint density at radius 1 is 1.10 bits per heavy atom. The molecule has 1 N–H and O–H groups in total. The quantitative estimate of drug-likeness (QED) is 0.918. The maximum absolute atomic E-state index is 13.5. The van der Waals surface area contributed by atoms with Crippen LogP contribution >= 0.6 is 0 Å². The molecule has 0 aliphatic heterocycles. The van der Waals surface area contributed by atoms with Crippen LogP contribution in [0, 0.1) is 5.82 Å². The summed E-state index contributed by atoms with van der Waals surface area (Å²) in [6.07, 6.45) is -0.0441. The highest BCUT2D eigenvalue weighted by atomic mass is 19.1. The molecule has 0 saturated heterocycles. The van der Waals surface area contributed by atoms with E-state index in [1.807, 2.05) is 13.8 Å². The minimum atomic E-state index is -0.469. The number of carbonyl (C=O) groups is 1. The van der Waals surface area contributed by atoms with Gasteiger partial charge in [-0.15, -0.1) is 0 Å². The van der Waals surface area contributed by atoms with Crippen molar-refractivity contribution in [1.29, 1.82) is 0 Å². The summed E-state index contributed by atoms with van der Waals surface area (Å²) >= 11 is 0. The van der Waals surface area contributed by atoms with Gasteiger partial charge >= 0.3 is 0 Å². The third-order valence-electron chi connectivity index (χ3n) is 2.62. The van der Waals surface area contributed by atoms with Crippen LogP contribution in [-0.2, 0) is 0 Å². The molecular formula is C16H16FNO2. The lowest BCUT2D eigenvalue weighted by atomic mass is 10.1. The van der Waals surface area contributed by atoms with Crippen molar-refractivity contribution >= 4 is 11.6 Å². The molecule has 2 aromatic rings. The van der Waals surface area contributed by atoms with Crippen molar-refractivity contribution in [2.45, 2.75) is 20.0 Å². The molecule has 3 nitrogen and oxygen atoms in total. The van der Waals surface area contributed by atoms with Gasteiger partial charge in [0.1, 0.15) is 11.6 Å². The SMILES string of the molecule is CC(C)Oc1ccccc1C(=O)Nc1ccccc1F. The Kier molecular flexibility index (Phi) is 4.35. The molecule has 2 rings (SSSR count). The first kappa shape index (κ1) is 14.1. The van der Waals surface area contributed by atoms with Crippen LogP contribution < -0.4 is 10.1 Å². The first-order valence-electron chi connectivity index (χ1n) is 6.39. The van der Waals surface area contributed by atoms with Crippen LogP contribution in [0.3, 0.4) is 0 Å². The predicted molar refractivity (Wildman–Crippen MR) is 76.6 cm³/mol. The summed E-state index contributed by atoms with van der Waals surface area (Å²) in [7, 11) is 0. The summed E-state index contributed by atoms with van der Waals surface area (Å²) in [6.45, 7) is 3.76. The number of para-hydroxylation sites is 2. The molecule has 0 spiro atoms. The number of benzene rings is 2. The molecular weight excluding hydrogens is 257 g/mol. The van der Waals surface area contributed by atoms with E-state index >= 15 is 0 Å². The Labute approximate surface area is 117 Å². The Hall–Kier alpha value is -2.36. The number of nitrogens with one attached hydrogen (secondary N) is 1. The molecule has 2 aromatic carbocycles. The molecule has 0 fully saturated rings. The highest BCUT2D eigenvalue weighted by Crippen LogP contribution is 2.21. The zero-order valence-electron chi connectivity index (χ0n) is 11.4. The molecule has 0 aromatic heterocycles. The molecule has 0 atom stereocenters. The molecule has 20 heavy (non-hydrogen) atoms. The van der Waals surface area contributed by atoms with Crippen molar-refractivity contribution in [2.75, 3.05) is 5.32 Å². The number of anilines is 1. The topological polar surface area (TPSA) is 38.3 Å². The van der Waals surface area contributed by atoms with Gasteiger partial charge in [-0.3, -0.25) is 4.79 Å². The third kappa shape index (κ3) is 3.35. The molecule has 0 radical (unpaired) electrons. The fraction of sp³-hybridized carbons (Fsp3) is 0.188. The molecule has 4 heteroatoms. The molecule has 0 unspecified atom stereocenters. The fourth-order valence-corrected chi connectivity index (χ4v) is 1.76. The Morgan fingerprint density at radius 2 is 1.75 bits per heavy atom. The Balaban J connectivity index is 2.23. The van der Waals surface area contributed by atoms with Crippen molar-refractivity contribution in [2.24, 2.45) is 0 Å². The largest absolute Gasteiger partial charge is 0.490 e. The van der Waals surface area contributed by atoms with E-state index in [4.69, 9.17) is 4.74 Å². The lowest BCUT2D eigenvalue weighted by Crippen LogP contribution is -2.16. The monoisotopic (exact) mass is 273 g/mol. The first-order chi connectivity index (χ1) is 9.58. The van der Waals surface area contributed by atoms with Gasteiger partial charge in [0.25, 0.3) is 5.91 Å². The molecule has 0 bridgehead atoms. The van der Waals surface area contributed by atoms with E-state index in [1.54, 1.807) is 36.4 Å². The van der Waals surface area contributed by atoms with Gasteiger partial charge in [0, 0.05) is 0 Å². The number of rotatable bonds is 4. The second-order valence-corrected chi connectivity index (χ2v) is 4.60. The van der Waals surface area contributed by atoms with E-state index < -0.39 is 11.7 Å². The van der Waals surface area contributed by atoms with E-state index in [0.29, 0.717) is 11.3 Å². The van der Waals surface area contributed by atoms with Gasteiger partial charge in [-0.1, -0.05) is 24.3 Å². The maximum atomic E-state index is 13.5. The molecule has 0 aliphatic rings. The van der Waals surface area contributed by atoms with Gasteiger partial charge in [-0.05, 0) is 38.1 Å². The maximum Gasteiger partial charge on any atom is 0.259 e. The Morgan fingerprint density at radius 3 is 2.45 bits per heavy atom. The van der Waals surface area contributed by atoms with Crippen molar-refractivity contribution in [3.63, 3.8) is 0 Å². The van der Waals surface area contributed by atoms with Crippen LogP contribution in [0.15, 0.2) is 48.5 Å². The van der Waals surface area contributed by atoms with Gasteiger partial charge in [0.2, 0.25) is 0 Å². The summed E-state index contributed by atoms with van der Waals surface area (Å²) in [5.74, 6) is -0.384. The second kappa shape index (κ2) is 6.19. The van der Waals surface area contributed by atoms with Crippen molar-refractivity contribution in [3.05, 3.63) is 59.9 Å². The summed E-state index contributed by atoms with van der Waals surface area (Å²) in [5, 5.41) is 2.55.